The molecule has 3 heterocycles. The van der Waals surface area contributed by atoms with Crippen molar-refractivity contribution in [2.75, 3.05) is 13.7 Å². The fraction of sp³-hybridized carbons (Fsp3) is 0.200. The van der Waals surface area contributed by atoms with Crippen molar-refractivity contribution < 1.29 is 18.8 Å². The first kappa shape index (κ1) is 17.7. The molecule has 1 aromatic carbocycles. The Morgan fingerprint density at radius 1 is 1.25 bits per heavy atom. The number of carbonyl (C=O) groups excluding carboxylic acids is 1. The molecule has 0 saturated carbocycles. The van der Waals surface area contributed by atoms with Crippen LogP contribution in [0.3, 0.4) is 0 Å². The van der Waals surface area contributed by atoms with Crippen molar-refractivity contribution >= 4 is 16.9 Å². The van der Waals surface area contributed by atoms with E-state index in [0.29, 0.717) is 30.3 Å². The van der Waals surface area contributed by atoms with Gasteiger partial charge in [-0.15, -0.1) is 0 Å². The van der Waals surface area contributed by atoms with Gasteiger partial charge in [0.2, 0.25) is 11.7 Å². The lowest BCUT2D eigenvalue weighted by Crippen LogP contribution is -2.07. The van der Waals surface area contributed by atoms with Gasteiger partial charge in [0.15, 0.2) is 0 Å². The van der Waals surface area contributed by atoms with Crippen LogP contribution in [-0.2, 0) is 11.2 Å². The van der Waals surface area contributed by atoms with Crippen LogP contribution in [0.15, 0.2) is 53.3 Å². The van der Waals surface area contributed by atoms with Gasteiger partial charge in [0, 0.05) is 41.3 Å². The van der Waals surface area contributed by atoms with Gasteiger partial charge >= 0.3 is 5.97 Å². The van der Waals surface area contributed by atoms with E-state index in [9.17, 15) is 4.79 Å². The average Bonchev–Trinajstić information content (AvgIpc) is 3.38. The maximum atomic E-state index is 12.2. The number of aromatic nitrogens is 4. The highest BCUT2D eigenvalue weighted by atomic mass is 16.5. The third-order valence-electron chi connectivity index (χ3n) is 4.21. The van der Waals surface area contributed by atoms with Crippen LogP contribution in [0.25, 0.3) is 22.3 Å². The number of methoxy groups -OCH3 is 1. The Morgan fingerprint density at radius 2 is 2.18 bits per heavy atom. The molecule has 0 aliphatic carbocycles. The lowest BCUT2D eigenvalue weighted by atomic mass is 10.2. The third kappa shape index (κ3) is 3.85. The van der Waals surface area contributed by atoms with Crippen molar-refractivity contribution in [3.8, 4) is 17.1 Å². The van der Waals surface area contributed by atoms with Crippen LogP contribution in [0.5, 0.6) is 5.75 Å². The molecule has 28 heavy (non-hydrogen) atoms. The molecule has 3 aromatic heterocycles. The number of nitrogens with one attached hydrogen (secondary N) is 1. The van der Waals surface area contributed by atoms with E-state index in [1.165, 1.54) is 0 Å². The number of ether oxygens (including phenoxy) is 2. The van der Waals surface area contributed by atoms with Crippen LogP contribution >= 0.6 is 0 Å². The molecule has 4 aromatic rings. The van der Waals surface area contributed by atoms with Gasteiger partial charge in [0.05, 0.1) is 13.7 Å². The minimum Gasteiger partial charge on any atom is -0.497 e. The number of rotatable bonds is 7. The van der Waals surface area contributed by atoms with Gasteiger partial charge in [0.1, 0.15) is 11.4 Å². The number of nitrogens with zero attached hydrogens (tertiary/aromatic N) is 3. The summed E-state index contributed by atoms with van der Waals surface area (Å²) in [5, 5.41) is 4.86. The second-order valence-electron chi connectivity index (χ2n) is 6.13. The van der Waals surface area contributed by atoms with Gasteiger partial charge < -0.3 is 19.0 Å². The lowest BCUT2D eigenvalue weighted by molar-refractivity contribution is 0.0492. The lowest BCUT2D eigenvalue weighted by Gasteiger charge is -2.01. The van der Waals surface area contributed by atoms with Crippen LogP contribution in [0.1, 0.15) is 22.8 Å². The summed E-state index contributed by atoms with van der Waals surface area (Å²) < 4.78 is 15.7. The predicted octanol–water partition coefficient (Wildman–Crippen LogP) is 3.41. The van der Waals surface area contributed by atoms with Gasteiger partial charge in [-0.05, 0) is 36.8 Å². The monoisotopic (exact) mass is 378 g/mol. The topological polar surface area (TPSA) is 103 Å². The molecule has 0 unspecified atom stereocenters. The number of aryl methyl sites for hydroxylation is 1. The van der Waals surface area contributed by atoms with Crippen molar-refractivity contribution in [2.24, 2.45) is 0 Å². The molecule has 0 atom stereocenters. The molecule has 0 spiro atoms. The highest BCUT2D eigenvalue weighted by molar-refractivity contribution is 5.95. The Kier molecular flexibility index (Phi) is 5.01. The molecule has 0 radical (unpaired) electrons. The predicted molar refractivity (Wildman–Crippen MR) is 101 cm³/mol. The van der Waals surface area contributed by atoms with Crippen molar-refractivity contribution in [1.82, 2.24) is 20.1 Å². The zero-order valence-corrected chi connectivity index (χ0v) is 15.2. The van der Waals surface area contributed by atoms with E-state index >= 15 is 0 Å². The molecular formula is C20H18N4O4. The Hall–Kier alpha value is -3.68. The van der Waals surface area contributed by atoms with Gasteiger partial charge in [0.25, 0.3) is 0 Å². The quantitative estimate of drug-likeness (QED) is 0.388. The van der Waals surface area contributed by atoms with Crippen LogP contribution < -0.4 is 4.74 Å². The number of hydrogen-bond acceptors (Lipinski definition) is 7. The summed E-state index contributed by atoms with van der Waals surface area (Å²) in [5.41, 5.74) is 2.01. The SMILES string of the molecule is COc1ccc2cc(C(=O)OCCCc3nc(-c4cccnc4)no3)[nH]c2c1. The molecule has 0 amide bonds. The normalized spacial score (nSPS) is 10.9. The molecule has 8 heteroatoms. The molecule has 142 valence electrons. The van der Waals surface area contributed by atoms with Crippen molar-refractivity contribution in [2.45, 2.75) is 12.8 Å². The summed E-state index contributed by atoms with van der Waals surface area (Å²) in [6, 6.07) is 11.0. The van der Waals surface area contributed by atoms with Gasteiger partial charge in [-0.3, -0.25) is 4.98 Å². The molecule has 0 bridgehead atoms. The van der Waals surface area contributed by atoms with E-state index in [1.54, 1.807) is 25.6 Å². The van der Waals surface area contributed by atoms with Crippen LogP contribution in [-0.4, -0.2) is 39.8 Å². The number of pyridine rings is 1. The van der Waals surface area contributed by atoms with Crippen molar-refractivity contribution in [3.05, 3.63) is 60.4 Å². The Bertz CT molecular complexity index is 1090. The summed E-state index contributed by atoms with van der Waals surface area (Å²) >= 11 is 0. The van der Waals surface area contributed by atoms with Gasteiger partial charge in [-0.1, -0.05) is 5.16 Å². The first-order chi connectivity index (χ1) is 13.7. The molecule has 0 saturated heterocycles. The van der Waals surface area contributed by atoms with Crippen LogP contribution in [0.2, 0.25) is 0 Å². The maximum absolute atomic E-state index is 12.2. The molecule has 1 N–H and O–H groups in total. The fourth-order valence-corrected chi connectivity index (χ4v) is 2.78. The van der Waals surface area contributed by atoms with Gasteiger partial charge in [-0.25, -0.2) is 4.79 Å². The summed E-state index contributed by atoms with van der Waals surface area (Å²) in [5.74, 6) is 1.30. The second kappa shape index (κ2) is 7.91. The number of benzene rings is 1. The largest absolute Gasteiger partial charge is 0.497 e. The molecule has 4 rings (SSSR count). The van der Waals surface area contributed by atoms with E-state index in [1.807, 2.05) is 30.3 Å². The fourth-order valence-electron chi connectivity index (χ4n) is 2.78. The van der Waals surface area contributed by atoms with E-state index in [4.69, 9.17) is 14.0 Å². The molecular weight excluding hydrogens is 360 g/mol. The van der Waals surface area contributed by atoms with Crippen molar-refractivity contribution in [3.63, 3.8) is 0 Å². The second-order valence-corrected chi connectivity index (χ2v) is 6.13. The molecule has 8 nitrogen and oxygen atoms in total. The Morgan fingerprint density at radius 3 is 3.00 bits per heavy atom. The van der Waals surface area contributed by atoms with E-state index in [2.05, 4.69) is 20.1 Å². The summed E-state index contributed by atoms with van der Waals surface area (Å²) in [7, 11) is 1.60. The number of carbonyl (C=O) groups is 1. The standard InChI is InChI=1S/C20H18N4O4/c1-26-15-7-6-13-10-17(22-16(13)11-15)20(25)27-9-3-5-18-23-19(24-28-18)14-4-2-8-21-12-14/h2,4,6-8,10-12,22H,3,5,9H2,1H3. The van der Waals surface area contributed by atoms with Crippen molar-refractivity contribution in [1.29, 1.82) is 0 Å². The number of H-pyrrole nitrogens is 1. The first-order valence-electron chi connectivity index (χ1n) is 8.80. The van der Waals surface area contributed by atoms with Crippen LogP contribution in [0, 0.1) is 0 Å². The minimum atomic E-state index is -0.406. The number of fused-ring (bicyclic) bond motifs is 1. The van der Waals surface area contributed by atoms with E-state index in [-0.39, 0.29) is 6.61 Å². The van der Waals surface area contributed by atoms with Gasteiger partial charge in [-0.2, -0.15) is 4.98 Å². The number of hydrogen-bond donors (Lipinski definition) is 1. The first-order valence-corrected chi connectivity index (χ1v) is 8.80. The Balaban J connectivity index is 1.29. The zero-order valence-electron chi connectivity index (χ0n) is 15.2. The summed E-state index contributed by atoms with van der Waals surface area (Å²) in [6.07, 6.45) is 4.45. The summed E-state index contributed by atoms with van der Waals surface area (Å²) in [4.78, 5) is 23.6. The average molecular weight is 378 g/mol. The van der Waals surface area contributed by atoms with E-state index in [0.717, 1.165) is 22.2 Å². The highest BCUT2D eigenvalue weighted by Gasteiger charge is 2.12. The third-order valence-corrected chi connectivity index (χ3v) is 4.21. The molecule has 0 fully saturated rings. The smallest absolute Gasteiger partial charge is 0.354 e. The minimum absolute atomic E-state index is 0.252. The number of aromatic amines is 1. The zero-order chi connectivity index (χ0) is 19.3. The van der Waals surface area contributed by atoms with Crippen LogP contribution in [0.4, 0.5) is 0 Å². The number of esters is 1. The molecule has 0 aliphatic rings. The Labute approximate surface area is 160 Å². The maximum Gasteiger partial charge on any atom is 0.354 e. The molecule has 0 aliphatic heterocycles. The van der Waals surface area contributed by atoms with E-state index < -0.39 is 5.97 Å². The summed E-state index contributed by atoms with van der Waals surface area (Å²) in [6.45, 7) is 0.252. The highest BCUT2D eigenvalue weighted by Crippen LogP contribution is 2.21.